The highest BCUT2D eigenvalue weighted by Crippen LogP contribution is 2.20. The molecule has 1 aromatic carbocycles. The lowest BCUT2D eigenvalue weighted by molar-refractivity contribution is 0.287. The number of aryl methyl sites for hydroxylation is 1. The number of nitrogens with one attached hydrogen (secondary N) is 1. The first-order valence-electron chi connectivity index (χ1n) is 5.33. The summed E-state index contributed by atoms with van der Waals surface area (Å²) in [6, 6.07) is 4.36. The van der Waals surface area contributed by atoms with E-state index in [0.717, 1.165) is 0 Å². The molecule has 0 radical (unpaired) electrons. The van der Waals surface area contributed by atoms with Gasteiger partial charge in [0.25, 0.3) is 0 Å². The van der Waals surface area contributed by atoms with Crippen molar-refractivity contribution < 1.29 is 17.9 Å². The number of unbranched alkanes of at least 4 members (excludes halogenated alkanes) is 1. The topological polar surface area (TPSA) is 66.4 Å². The summed E-state index contributed by atoms with van der Waals surface area (Å²) in [4.78, 5) is 0. The van der Waals surface area contributed by atoms with E-state index < -0.39 is 15.8 Å². The summed E-state index contributed by atoms with van der Waals surface area (Å²) >= 11 is 0. The van der Waals surface area contributed by atoms with Gasteiger partial charge in [-0.2, -0.15) is 0 Å². The van der Waals surface area contributed by atoms with E-state index in [9.17, 15) is 12.8 Å². The fraction of sp³-hybridized carbons (Fsp3) is 0.455. The molecule has 96 valence electrons. The van der Waals surface area contributed by atoms with Crippen molar-refractivity contribution in [3.63, 3.8) is 0 Å². The third-order valence-corrected chi connectivity index (χ3v) is 3.64. The van der Waals surface area contributed by atoms with Crippen molar-refractivity contribution in [1.82, 2.24) is 0 Å². The van der Waals surface area contributed by atoms with Gasteiger partial charge in [-0.15, -0.1) is 0 Å². The van der Waals surface area contributed by atoms with E-state index in [1.165, 1.54) is 12.1 Å². The van der Waals surface area contributed by atoms with Crippen LogP contribution in [-0.2, 0) is 10.0 Å². The van der Waals surface area contributed by atoms with Gasteiger partial charge in [0.15, 0.2) is 0 Å². The summed E-state index contributed by atoms with van der Waals surface area (Å²) in [7, 11) is -3.55. The minimum atomic E-state index is -3.55. The molecular formula is C11H16FNO3S. The molecule has 0 saturated heterocycles. The highest BCUT2D eigenvalue weighted by Gasteiger charge is 2.14. The third-order valence-electron chi connectivity index (χ3n) is 2.30. The zero-order valence-electron chi connectivity index (χ0n) is 9.61. The molecule has 0 heterocycles. The molecule has 2 N–H and O–H groups in total. The summed E-state index contributed by atoms with van der Waals surface area (Å²) in [5, 5.41) is 8.57. The van der Waals surface area contributed by atoms with Crippen LogP contribution in [0.2, 0.25) is 0 Å². The zero-order valence-corrected chi connectivity index (χ0v) is 10.4. The number of benzene rings is 1. The van der Waals surface area contributed by atoms with Crippen molar-refractivity contribution in [3.05, 3.63) is 29.6 Å². The highest BCUT2D eigenvalue weighted by atomic mass is 32.2. The Kier molecular flexibility index (Phi) is 4.89. The summed E-state index contributed by atoms with van der Waals surface area (Å²) < 4.78 is 38.9. The van der Waals surface area contributed by atoms with E-state index in [4.69, 9.17) is 5.11 Å². The lowest BCUT2D eigenvalue weighted by atomic mass is 10.2. The first-order valence-corrected chi connectivity index (χ1v) is 6.98. The zero-order chi connectivity index (χ0) is 12.9. The van der Waals surface area contributed by atoms with E-state index in [2.05, 4.69) is 4.72 Å². The predicted octanol–water partition coefficient (Wildman–Crippen LogP) is 1.65. The van der Waals surface area contributed by atoms with Crippen LogP contribution in [0.4, 0.5) is 10.1 Å². The van der Waals surface area contributed by atoms with Crippen LogP contribution in [0.15, 0.2) is 18.2 Å². The molecule has 6 heteroatoms. The Bertz CT molecular complexity index is 453. The first-order chi connectivity index (χ1) is 7.96. The molecule has 0 bridgehead atoms. The Morgan fingerprint density at radius 1 is 1.35 bits per heavy atom. The maximum absolute atomic E-state index is 13.4. The molecule has 0 unspecified atom stereocenters. The predicted molar refractivity (Wildman–Crippen MR) is 64.9 cm³/mol. The molecular weight excluding hydrogens is 245 g/mol. The molecule has 0 fully saturated rings. The molecule has 1 rings (SSSR count). The summed E-state index contributed by atoms with van der Waals surface area (Å²) in [6.45, 7) is 1.59. The van der Waals surface area contributed by atoms with Gasteiger partial charge >= 0.3 is 0 Å². The van der Waals surface area contributed by atoms with Crippen LogP contribution in [0.25, 0.3) is 0 Å². The smallest absolute Gasteiger partial charge is 0.232 e. The number of anilines is 1. The van der Waals surface area contributed by atoms with Crippen LogP contribution in [0.3, 0.4) is 0 Å². The number of hydrogen-bond acceptors (Lipinski definition) is 3. The van der Waals surface area contributed by atoms with Crippen molar-refractivity contribution in [2.75, 3.05) is 17.1 Å². The summed E-state index contributed by atoms with van der Waals surface area (Å²) in [5.41, 5.74) is 0.534. The number of hydrogen-bond donors (Lipinski definition) is 2. The minimum Gasteiger partial charge on any atom is -0.396 e. The number of rotatable bonds is 6. The van der Waals surface area contributed by atoms with E-state index in [-0.39, 0.29) is 18.0 Å². The van der Waals surface area contributed by atoms with Gasteiger partial charge < -0.3 is 5.11 Å². The van der Waals surface area contributed by atoms with Gasteiger partial charge in [0, 0.05) is 6.61 Å². The van der Waals surface area contributed by atoms with E-state index in [1.54, 1.807) is 13.0 Å². The van der Waals surface area contributed by atoms with Gasteiger partial charge in [0.05, 0.1) is 11.4 Å². The van der Waals surface area contributed by atoms with Gasteiger partial charge in [-0.1, -0.05) is 12.1 Å². The van der Waals surface area contributed by atoms with Crippen LogP contribution in [0.5, 0.6) is 0 Å². The average molecular weight is 261 g/mol. The molecule has 0 aliphatic carbocycles. The van der Waals surface area contributed by atoms with Crippen LogP contribution < -0.4 is 4.72 Å². The standard InChI is InChI=1S/C11H16FNO3S/c1-9-5-4-6-10(12)11(9)13-17(15,16)8-3-2-7-14/h4-6,13-14H,2-3,7-8H2,1H3. The van der Waals surface area contributed by atoms with Gasteiger partial charge in [-0.05, 0) is 31.4 Å². The maximum Gasteiger partial charge on any atom is 0.232 e. The lowest BCUT2D eigenvalue weighted by Gasteiger charge is -2.10. The van der Waals surface area contributed by atoms with Gasteiger partial charge in [0.1, 0.15) is 5.82 Å². The quantitative estimate of drug-likeness (QED) is 0.765. The minimum absolute atomic E-state index is 0.00324. The van der Waals surface area contributed by atoms with Crippen molar-refractivity contribution in [2.45, 2.75) is 19.8 Å². The first kappa shape index (κ1) is 13.9. The number of sulfonamides is 1. The Labute approximate surface area is 101 Å². The molecule has 1 aromatic rings. The van der Waals surface area contributed by atoms with Crippen LogP contribution >= 0.6 is 0 Å². The van der Waals surface area contributed by atoms with Crippen molar-refractivity contribution in [3.8, 4) is 0 Å². The summed E-state index contributed by atoms with van der Waals surface area (Å²) in [6.07, 6.45) is 0.760. The van der Waals surface area contributed by atoms with Crippen molar-refractivity contribution in [2.24, 2.45) is 0 Å². The molecule has 0 aliphatic rings. The number of aliphatic hydroxyl groups excluding tert-OH is 1. The second-order valence-corrected chi connectivity index (χ2v) is 5.63. The Morgan fingerprint density at radius 2 is 2.06 bits per heavy atom. The largest absolute Gasteiger partial charge is 0.396 e. The third kappa shape index (κ3) is 4.32. The SMILES string of the molecule is Cc1cccc(F)c1NS(=O)(=O)CCCCO. The van der Waals surface area contributed by atoms with Crippen LogP contribution in [0.1, 0.15) is 18.4 Å². The second kappa shape index (κ2) is 5.97. The lowest BCUT2D eigenvalue weighted by Crippen LogP contribution is -2.18. The van der Waals surface area contributed by atoms with Crippen LogP contribution in [-0.4, -0.2) is 25.9 Å². The van der Waals surface area contributed by atoms with E-state index >= 15 is 0 Å². The normalized spacial score (nSPS) is 11.5. The molecule has 0 spiro atoms. The molecule has 17 heavy (non-hydrogen) atoms. The van der Waals surface area contributed by atoms with Gasteiger partial charge in [-0.3, -0.25) is 4.72 Å². The van der Waals surface area contributed by atoms with Gasteiger partial charge in [0.2, 0.25) is 10.0 Å². The van der Waals surface area contributed by atoms with Gasteiger partial charge in [-0.25, -0.2) is 12.8 Å². The molecule has 4 nitrogen and oxygen atoms in total. The fourth-order valence-electron chi connectivity index (χ4n) is 1.37. The highest BCUT2D eigenvalue weighted by molar-refractivity contribution is 7.92. The van der Waals surface area contributed by atoms with Crippen molar-refractivity contribution >= 4 is 15.7 Å². The number of halogens is 1. The molecule has 0 aromatic heterocycles. The molecule has 0 saturated carbocycles. The van der Waals surface area contributed by atoms with Crippen molar-refractivity contribution in [1.29, 1.82) is 0 Å². The fourth-order valence-corrected chi connectivity index (χ4v) is 2.63. The second-order valence-electron chi connectivity index (χ2n) is 3.78. The Morgan fingerprint density at radius 3 is 2.65 bits per heavy atom. The van der Waals surface area contributed by atoms with Crippen LogP contribution in [0, 0.1) is 12.7 Å². The monoisotopic (exact) mass is 261 g/mol. The average Bonchev–Trinajstić information content (AvgIpc) is 2.24. The number of aliphatic hydroxyl groups is 1. The van der Waals surface area contributed by atoms with E-state index in [0.29, 0.717) is 18.4 Å². The maximum atomic E-state index is 13.4. The number of para-hydroxylation sites is 1. The molecule has 0 aliphatic heterocycles. The Hall–Kier alpha value is -1.14. The summed E-state index contributed by atoms with van der Waals surface area (Å²) in [5.74, 6) is -0.711. The molecule has 0 atom stereocenters. The van der Waals surface area contributed by atoms with E-state index in [1.807, 2.05) is 0 Å². The Balaban J connectivity index is 2.76. The molecule has 0 amide bonds.